The first-order valence-corrected chi connectivity index (χ1v) is 32.3. The minimum atomic E-state index is -1.64. The molecule has 2 fully saturated rings. The van der Waals surface area contributed by atoms with E-state index in [4.69, 9.17) is 4.74 Å². The minimum absolute atomic E-state index is 0.0188. The first kappa shape index (κ1) is 65.5. The molecule has 2 heterocycles. The molecule has 2 aliphatic heterocycles. The topological polar surface area (TPSA) is 244 Å². The fourth-order valence-corrected chi connectivity index (χ4v) is 14.8. The molecular formula is C70H80N6O11S2. The van der Waals surface area contributed by atoms with Crippen molar-refractivity contribution in [3.63, 3.8) is 0 Å². The average Bonchev–Trinajstić information content (AvgIpc) is 1.80. The maximum atomic E-state index is 14.1. The Morgan fingerprint density at radius 3 is 1.39 bits per heavy atom. The summed E-state index contributed by atoms with van der Waals surface area (Å²) in [5.74, 6) is -2.63. The molecule has 0 aromatic heterocycles. The van der Waals surface area contributed by atoms with E-state index in [2.05, 4.69) is 33.4 Å². The number of hydrogen-bond donors (Lipinski definition) is 7. The van der Waals surface area contributed by atoms with Gasteiger partial charge in [-0.2, -0.15) is 0 Å². The summed E-state index contributed by atoms with van der Waals surface area (Å²) < 4.78 is 4.04. The summed E-state index contributed by atoms with van der Waals surface area (Å²) in [6.07, 6.45) is 2.60. The van der Waals surface area contributed by atoms with Gasteiger partial charge in [-0.1, -0.05) is 121 Å². The summed E-state index contributed by atoms with van der Waals surface area (Å²) in [4.78, 5) is 97.3. The van der Waals surface area contributed by atoms with E-state index in [1.165, 1.54) is 57.4 Å². The van der Waals surface area contributed by atoms with Crippen LogP contribution in [0.4, 0.5) is 0 Å². The molecular weight excluding hydrogens is 1160 g/mol. The molecule has 17 nitrogen and oxygen atoms in total. The highest BCUT2D eigenvalue weighted by molar-refractivity contribution is 8.01. The van der Waals surface area contributed by atoms with Gasteiger partial charge in [0.25, 0.3) is 23.6 Å². The number of nitrogens with zero attached hydrogens (tertiary/aromatic N) is 2. The molecule has 7 N–H and O–H groups in total. The predicted octanol–water partition coefficient (Wildman–Crippen LogP) is 8.77. The molecule has 6 amide bonds. The Balaban J connectivity index is 0.000000212. The number of aromatic hydroxyl groups is 1. The number of nitrogens with one attached hydrogen (secondary N) is 4. The predicted molar refractivity (Wildman–Crippen MR) is 345 cm³/mol. The molecule has 0 spiro atoms. The highest BCUT2D eigenvalue weighted by Gasteiger charge is 2.52. The molecule has 19 heteroatoms. The van der Waals surface area contributed by atoms with Gasteiger partial charge in [0.2, 0.25) is 11.8 Å². The molecule has 6 aromatic rings. The van der Waals surface area contributed by atoms with Crippen LogP contribution in [0.1, 0.15) is 138 Å². The average molecular weight is 1250 g/mol. The summed E-state index contributed by atoms with van der Waals surface area (Å²) in [5.41, 5.74) is 7.64. The van der Waals surface area contributed by atoms with Gasteiger partial charge >= 0.3 is 5.97 Å². The second-order valence-corrected chi connectivity index (χ2v) is 27.6. The third-order valence-electron chi connectivity index (χ3n) is 17.4. The molecule has 89 heavy (non-hydrogen) atoms. The molecule has 6 aromatic carbocycles. The number of phenols is 1. The Morgan fingerprint density at radius 2 is 0.955 bits per heavy atom. The summed E-state index contributed by atoms with van der Waals surface area (Å²) in [5, 5.41) is 45.4. The Morgan fingerprint density at radius 1 is 0.551 bits per heavy atom. The number of benzene rings is 6. The minimum Gasteiger partial charge on any atom is -0.508 e. The SMILES string of the molecule is CC(=O)Oc1cccc(C(=O)N[C@@H](Cc2ccccc2)[C@H](O)C(=O)N2CSC(C)(C)[C@H]2C(=O)N[C@H]2CCCc3ccccc32)c1C.Cc1c(O)cccc1C(=O)N[C@@H](Cc1ccccc1)[C@H](O)C(=O)N1CSC(C)(C)[C@H]1C(=O)N[C@H]1CCCc2ccccc21. The molecule has 0 saturated carbocycles. The van der Waals surface area contributed by atoms with Gasteiger partial charge in [-0.25, -0.2) is 0 Å². The first-order chi connectivity index (χ1) is 42.5. The van der Waals surface area contributed by atoms with Crippen molar-refractivity contribution in [1.29, 1.82) is 0 Å². The zero-order valence-corrected chi connectivity index (χ0v) is 53.0. The van der Waals surface area contributed by atoms with Crippen molar-refractivity contribution in [2.45, 2.75) is 158 Å². The van der Waals surface area contributed by atoms with E-state index in [-0.39, 0.29) is 71.1 Å². The number of amides is 6. The van der Waals surface area contributed by atoms with Gasteiger partial charge < -0.3 is 51.1 Å². The van der Waals surface area contributed by atoms with E-state index in [0.717, 1.165) is 60.8 Å². The van der Waals surface area contributed by atoms with E-state index in [9.17, 15) is 48.9 Å². The molecule has 4 aliphatic rings. The molecule has 468 valence electrons. The van der Waals surface area contributed by atoms with Gasteiger partial charge in [0.15, 0.2) is 12.2 Å². The van der Waals surface area contributed by atoms with Crippen LogP contribution in [0.2, 0.25) is 0 Å². The Bertz CT molecular complexity index is 3570. The Hall–Kier alpha value is -7.97. The summed E-state index contributed by atoms with van der Waals surface area (Å²) in [7, 11) is 0. The van der Waals surface area contributed by atoms with Gasteiger partial charge in [-0.15, -0.1) is 23.5 Å². The van der Waals surface area contributed by atoms with Crippen LogP contribution in [0, 0.1) is 13.8 Å². The third kappa shape index (κ3) is 15.4. The van der Waals surface area contributed by atoms with Crippen LogP contribution in [0.3, 0.4) is 0 Å². The molecule has 2 aliphatic carbocycles. The fraction of sp³-hybridized carbons (Fsp3) is 0.386. The lowest BCUT2D eigenvalue weighted by Gasteiger charge is -2.35. The number of carbonyl (C=O) groups excluding carboxylic acids is 7. The number of rotatable bonds is 17. The number of fused-ring (bicyclic) bond motifs is 2. The quantitative estimate of drug-likeness (QED) is 0.0334. The number of aliphatic hydroxyl groups is 2. The van der Waals surface area contributed by atoms with Crippen LogP contribution in [0.15, 0.2) is 146 Å². The summed E-state index contributed by atoms with van der Waals surface area (Å²) in [6, 6.07) is 40.3. The van der Waals surface area contributed by atoms with E-state index < -0.39 is 75.5 Å². The van der Waals surface area contributed by atoms with E-state index >= 15 is 0 Å². The number of esters is 1. The zero-order chi connectivity index (χ0) is 63.7. The van der Waals surface area contributed by atoms with Crippen molar-refractivity contribution in [2.24, 2.45) is 0 Å². The lowest BCUT2D eigenvalue weighted by Crippen LogP contribution is -2.59. The lowest BCUT2D eigenvalue weighted by atomic mass is 9.87. The van der Waals surface area contributed by atoms with Crippen LogP contribution < -0.4 is 26.0 Å². The summed E-state index contributed by atoms with van der Waals surface area (Å²) >= 11 is 2.96. The normalized spacial score (nSPS) is 20.1. The maximum Gasteiger partial charge on any atom is 0.308 e. The lowest BCUT2D eigenvalue weighted by molar-refractivity contribution is -0.147. The van der Waals surface area contributed by atoms with Crippen molar-refractivity contribution in [1.82, 2.24) is 31.1 Å². The summed E-state index contributed by atoms with van der Waals surface area (Å²) in [6.45, 7) is 12.3. The van der Waals surface area contributed by atoms with Crippen LogP contribution in [0.5, 0.6) is 11.5 Å². The number of hydrogen-bond acceptors (Lipinski definition) is 13. The highest BCUT2D eigenvalue weighted by Crippen LogP contribution is 2.43. The Labute approximate surface area is 529 Å². The van der Waals surface area contributed by atoms with Gasteiger partial charge in [0.1, 0.15) is 23.6 Å². The number of aliphatic hydroxyl groups excluding tert-OH is 2. The van der Waals surface area contributed by atoms with E-state index in [1.807, 2.05) is 125 Å². The number of thioether (sulfide) groups is 2. The van der Waals surface area contributed by atoms with E-state index in [0.29, 0.717) is 11.1 Å². The van der Waals surface area contributed by atoms with Crippen LogP contribution >= 0.6 is 23.5 Å². The molecule has 10 rings (SSSR count). The molecule has 2 saturated heterocycles. The van der Waals surface area contributed by atoms with Crippen molar-refractivity contribution in [3.8, 4) is 11.5 Å². The fourth-order valence-electron chi connectivity index (χ4n) is 12.5. The molecule has 0 unspecified atom stereocenters. The van der Waals surface area contributed by atoms with Gasteiger partial charge in [-0.05, 0) is 151 Å². The second-order valence-electron chi connectivity index (χ2n) is 24.4. The second kappa shape index (κ2) is 28.7. The van der Waals surface area contributed by atoms with Gasteiger partial charge in [0.05, 0.1) is 35.9 Å². The smallest absolute Gasteiger partial charge is 0.308 e. The van der Waals surface area contributed by atoms with Crippen molar-refractivity contribution in [3.05, 3.63) is 201 Å². The van der Waals surface area contributed by atoms with Gasteiger partial charge in [0, 0.05) is 38.7 Å². The third-order valence-corrected chi connectivity index (χ3v) is 20.1. The van der Waals surface area contributed by atoms with E-state index in [1.54, 1.807) is 44.2 Å². The highest BCUT2D eigenvalue weighted by atomic mass is 32.2. The zero-order valence-electron chi connectivity index (χ0n) is 51.4. The first-order valence-electron chi connectivity index (χ1n) is 30.3. The molecule has 8 atom stereocenters. The number of phenolic OH excluding ortho intramolecular Hbond substituents is 1. The monoisotopic (exact) mass is 1240 g/mol. The van der Waals surface area contributed by atoms with Crippen LogP contribution in [-0.4, -0.2) is 124 Å². The number of ether oxygens (including phenoxy) is 1. The standard InChI is InChI=1S/C36H41N3O6S.C34H39N3O5S/c1-22-26(17-11-19-30(22)45-23(2)40)33(42)38-29(20-24-12-6-5-7-13-24)31(41)35(44)39-21-46-36(3,4)32(39)34(43)37-28-18-10-15-25-14-8-9-16-27(25)28;1-21-24(16-10-18-28(21)38)31(40)36-27(19-22-11-5-4-6-12-22)29(39)33(42)37-20-43-34(2,3)30(37)32(41)35-26-17-9-14-23-13-7-8-15-25(23)26/h5-9,11-14,16-17,19,28-29,31-32,41H,10,15,18,20-21H2,1-4H3,(H,37,43)(H,38,42);4-8,10-13,15-16,18,26-27,29-30,38-39H,9,14,17,19-20H2,1-3H3,(H,35,41)(H,36,40)/t28-,29-,31-,32+;26-,27-,29-,30+/m00/s1. The van der Waals surface area contributed by atoms with Gasteiger partial charge in [-0.3, -0.25) is 33.6 Å². The van der Waals surface area contributed by atoms with Crippen LogP contribution in [-0.2, 0) is 49.7 Å². The number of aryl methyl sites for hydroxylation is 2. The van der Waals surface area contributed by atoms with Crippen LogP contribution in [0.25, 0.3) is 0 Å². The molecule has 0 radical (unpaired) electrons. The van der Waals surface area contributed by atoms with Crippen molar-refractivity contribution < 1.29 is 53.6 Å². The van der Waals surface area contributed by atoms with Crippen molar-refractivity contribution in [2.75, 3.05) is 11.8 Å². The Kier molecular flexibility index (Phi) is 21.1. The van der Waals surface area contributed by atoms with Crippen molar-refractivity contribution >= 4 is 64.9 Å². The number of carbonyl (C=O) groups is 7. The maximum absolute atomic E-state index is 14.1. The largest absolute Gasteiger partial charge is 0.508 e. The molecule has 0 bridgehead atoms.